The van der Waals surface area contributed by atoms with Crippen LogP contribution in [-0.4, -0.2) is 46.1 Å². The number of ether oxygens (including phenoxy) is 1. The molecule has 0 unspecified atom stereocenters. The average Bonchev–Trinajstić information content (AvgIpc) is 3.08. The highest BCUT2D eigenvalue weighted by Gasteiger charge is 2.15. The van der Waals surface area contributed by atoms with Crippen molar-refractivity contribution in [3.63, 3.8) is 0 Å². The monoisotopic (exact) mass is 328 g/mol. The molecule has 1 aliphatic heterocycles. The molecule has 1 aromatic carbocycles. The van der Waals surface area contributed by atoms with E-state index in [1.165, 1.54) is 6.33 Å². The molecule has 3 aromatic rings. The maximum Gasteiger partial charge on any atom is 0.177 e. The zero-order chi connectivity index (χ0) is 16.4. The number of benzene rings is 1. The van der Waals surface area contributed by atoms with Crippen molar-refractivity contribution in [3.8, 4) is 0 Å². The van der Waals surface area contributed by atoms with Crippen molar-refractivity contribution >= 4 is 17.2 Å². The zero-order valence-corrected chi connectivity index (χ0v) is 13.0. The average molecular weight is 328 g/mol. The number of nitrogens with zero attached hydrogens (tertiary/aromatic N) is 5. The van der Waals surface area contributed by atoms with Crippen LogP contribution in [0.3, 0.4) is 0 Å². The topological polar surface area (TPSA) is 67.6 Å². The van der Waals surface area contributed by atoms with Crippen LogP contribution in [0.2, 0.25) is 0 Å². The first kappa shape index (κ1) is 14.8. The summed E-state index contributed by atoms with van der Waals surface area (Å²) in [5, 5.41) is 15.2. The Hall–Kier alpha value is -2.74. The third-order valence-corrected chi connectivity index (χ3v) is 4.00. The van der Waals surface area contributed by atoms with Gasteiger partial charge < -0.3 is 15.0 Å². The normalized spacial score (nSPS) is 15.0. The Morgan fingerprint density at radius 3 is 2.88 bits per heavy atom. The molecule has 0 saturated carbocycles. The Morgan fingerprint density at radius 2 is 2.04 bits per heavy atom. The third kappa shape index (κ3) is 3.00. The first-order chi connectivity index (χ1) is 11.8. The summed E-state index contributed by atoms with van der Waals surface area (Å²) in [6, 6.07) is 8.97. The minimum absolute atomic E-state index is 0.210. The van der Waals surface area contributed by atoms with Crippen molar-refractivity contribution in [3.05, 3.63) is 48.0 Å². The van der Waals surface area contributed by atoms with E-state index in [0.29, 0.717) is 36.9 Å². The minimum Gasteiger partial charge on any atom is -0.378 e. The second-order valence-electron chi connectivity index (χ2n) is 5.59. The fourth-order valence-electron chi connectivity index (χ4n) is 2.74. The highest BCUT2D eigenvalue weighted by molar-refractivity contribution is 5.50. The summed E-state index contributed by atoms with van der Waals surface area (Å²) in [6.45, 7) is 3.20. The van der Waals surface area contributed by atoms with E-state index in [1.807, 2.05) is 29.2 Å². The Labute approximate surface area is 138 Å². The van der Waals surface area contributed by atoms with E-state index in [2.05, 4.69) is 20.6 Å². The molecule has 4 rings (SSSR count). The quantitative estimate of drug-likeness (QED) is 0.786. The molecular formula is C16H17FN6O. The van der Waals surface area contributed by atoms with Gasteiger partial charge in [-0.05, 0) is 29.8 Å². The highest BCUT2D eigenvalue weighted by Crippen LogP contribution is 2.22. The molecule has 2 aromatic heterocycles. The predicted octanol–water partition coefficient (Wildman–Crippen LogP) is 1.71. The maximum absolute atomic E-state index is 14.4. The van der Waals surface area contributed by atoms with Gasteiger partial charge in [0, 0.05) is 19.6 Å². The molecule has 1 fully saturated rings. The molecule has 1 saturated heterocycles. The molecule has 0 atom stereocenters. The van der Waals surface area contributed by atoms with Crippen LogP contribution in [0, 0.1) is 5.82 Å². The highest BCUT2D eigenvalue weighted by atomic mass is 19.1. The second-order valence-corrected chi connectivity index (χ2v) is 5.59. The van der Waals surface area contributed by atoms with Gasteiger partial charge in [-0.3, -0.25) is 0 Å². The van der Waals surface area contributed by atoms with Gasteiger partial charge in [-0.2, -0.15) is 4.52 Å². The van der Waals surface area contributed by atoms with Gasteiger partial charge in [0.2, 0.25) is 0 Å². The molecule has 0 amide bonds. The SMILES string of the molecule is Fc1cc(CNc2ccc3nncn3n2)ccc1N1CCOCC1. The fraction of sp³-hybridized carbons (Fsp3) is 0.312. The van der Waals surface area contributed by atoms with E-state index >= 15 is 0 Å². The van der Waals surface area contributed by atoms with E-state index in [9.17, 15) is 4.39 Å². The Morgan fingerprint density at radius 1 is 1.17 bits per heavy atom. The first-order valence-corrected chi connectivity index (χ1v) is 7.82. The smallest absolute Gasteiger partial charge is 0.177 e. The van der Waals surface area contributed by atoms with Gasteiger partial charge in [0.25, 0.3) is 0 Å². The Bertz CT molecular complexity index is 845. The molecular weight excluding hydrogens is 311 g/mol. The summed E-state index contributed by atoms with van der Waals surface area (Å²) in [4.78, 5) is 2.01. The van der Waals surface area contributed by atoms with E-state index < -0.39 is 0 Å². The van der Waals surface area contributed by atoms with Crippen LogP contribution in [0.4, 0.5) is 15.9 Å². The van der Waals surface area contributed by atoms with Gasteiger partial charge in [0.05, 0.1) is 18.9 Å². The van der Waals surface area contributed by atoms with Crippen LogP contribution in [0.1, 0.15) is 5.56 Å². The van der Waals surface area contributed by atoms with Crippen molar-refractivity contribution in [1.82, 2.24) is 19.8 Å². The lowest BCUT2D eigenvalue weighted by atomic mass is 10.1. The lowest BCUT2D eigenvalue weighted by molar-refractivity contribution is 0.122. The number of morpholine rings is 1. The Balaban J connectivity index is 1.45. The van der Waals surface area contributed by atoms with E-state index in [4.69, 9.17) is 4.74 Å². The van der Waals surface area contributed by atoms with Crippen molar-refractivity contribution in [2.24, 2.45) is 0 Å². The molecule has 0 radical (unpaired) electrons. The summed E-state index contributed by atoms with van der Waals surface area (Å²) in [5.41, 5.74) is 2.17. The maximum atomic E-state index is 14.4. The second kappa shape index (κ2) is 6.40. The van der Waals surface area contributed by atoms with Crippen molar-refractivity contribution < 1.29 is 9.13 Å². The summed E-state index contributed by atoms with van der Waals surface area (Å²) < 4.78 is 21.3. The molecule has 0 bridgehead atoms. The largest absolute Gasteiger partial charge is 0.378 e. The van der Waals surface area contributed by atoms with Crippen LogP contribution >= 0.6 is 0 Å². The van der Waals surface area contributed by atoms with Crippen LogP contribution in [0.5, 0.6) is 0 Å². The van der Waals surface area contributed by atoms with Crippen LogP contribution in [0.15, 0.2) is 36.7 Å². The number of fused-ring (bicyclic) bond motifs is 1. The molecule has 0 aliphatic carbocycles. The van der Waals surface area contributed by atoms with Gasteiger partial charge in [0.1, 0.15) is 18.0 Å². The number of rotatable bonds is 4. The van der Waals surface area contributed by atoms with E-state index in [0.717, 1.165) is 18.7 Å². The Kier molecular flexibility index (Phi) is 3.96. The molecule has 1 aliphatic rings. The fourth-order valence-corrected chi connectivity index (χ4v) is 2.74. The standard InChI is InChI=1S/C16H17FN6O/c17-13-9-12(1-2-14(13)22-5-7-24-8-6-22)10-18-15-3-4-16-20-19-11-23(16)21-15/h1-4,9,11H,5-8,10H2,(H,18,21). The van der Waals surface area contributed by atoms with Crippen LogP contribution in [0.25, 0.3) is 5.65 Å². The number of aromatic nitrogens is 4. The predicted molar refractivity (Wildman–Crippen MR) is 87.5 cm³/mol. The molecule has 7 nitrogen and oxygen atoms in total. The van der Waals surface area contributed by atoms with Gasteiger partial charge in [-0.25, -0.2) is 4.39 Å². The van der Waals surface area contributed by atoms with E-state index in [-0.39, 0.29) is 5.82 Å². The minimum atomic E-state index is -0.210. The lowest BCUT2D eigenvalue weighted by Crippen LogP contribution is -2.36. The van der Waals surface area contributed by atoms with Crippen molar-refractivity contribution in [2.45, 2.75) is 6.54 Å². The first-order valence-electron chi connectivity index (χ1n) is 7.82. The summed E-state index contributed by atoms with van der Waals surface area (Å²) >= 11 is 0. The van der Waals surface area contributed by atoms with Crippen LogP contribution < -0.4 is 10.2 Å². The molecule has 8 heteroatoms. The van der Waals surface area contributed by atoms with Crippen molar-refractivity contribution in [1.29, 1.82) is 0 Å². The number of hydrogen-bond acceptors (Lipinski definition) is 6. The molecule has 3 heterocycles. The molecule has 124 valence electrons. The molecule has 1 N–H and O–H groups in total. The summed E-state index contributed by atoms with van der Waals surface area (Å²) in [5.74, 6) is 0.471. The molecule has 24 heavy (non-hydrogen) atoms. The molecule has 0 spiro atoms. The number of anilines is 2. The van der Waals surface area contributed by atoms with Crippen LogP contribution in [-0.2, 0) is 11.3 Å². The zero-order valence-electron chi connectivity index (χ0n) is 13.0. The van der Waals surface area contributed by atoms with Gasteiger partial charge in [-0.15, -0.1) is 15.3 Å². The number of hydrogen-bond donors (Lipinski definition) is 1. The number of halogens is 1. The number of nitrogens with one attached hydrogen (secondary N) is 1. The van der Waals surface area contributed by atoms with Gasteiger partial charge in [0.15, 0.2) is 5.65 Å². The lowest BCUT2D eigenvalue weighted by Gasteiger charge is -2.29. The summed E-state index contributed by atoms with van der Waals surface area (Å²) in [6.07, 6.45) is 1.54. The third-order valence-electron chi connectivity index (χ3n) is 4.00. The van der Waals surface area contributed by atoms with Crippen molar-refractivity contribution in [2.75, 3.05) is 36.5 Å². The van der Waals surface area contributed by atoms with E-state index in [1.54, 1.807) is 10.6 Å². The van der Waals surface area contributed by atoms with Gasteiger partial charge in [-0.1, -0.05) is 6.07 Å². The van der Waals surface area contributed by atoms with Gasteiger partial charge >= 0.3 is 0 Å². The summed E-state index contributed by atoms with van der Waals surface area (Å²) in [7, 11) is 0.